The van der Waals surface area contributed by atoms with E-state index in [1.54, 1.807) is 0 Å². The van der Waals surface area contributed by atoms with Crippen molar-refractivity contribution in [3.63, 3.8) is 0 Å². The third-order valence-electron chi connectivity index (χ3n) is 3.95. The zero-order valence-electron chi connectivity index (χ0n) is 12.9. The molecule has 0 aromatic heterocycles. The predicted octanol–water partition coefficient (Wildman–Crippen LogP) is 2.47. The molecule has 1 heterocycles. The Hall–Kier alpha value is -1.33. The molecule has 124 valence electrons. The van der Waals surface area contributed by atoms with Gasteiger partial charge in [0.1, 0.15) is 11.6 Å². The molecule has 1 N–H and O–H groups in total. The fourth-order valence-electron chi connectivity index (χ4n) is 2.59. The van der Waals surface area contributed by atoms with Crippen molar-refractivity contribution in [2.24, 2.45) is 5.92 Å². The van der Waals surface area contributed by atoms with Crippen molar-refractivity contribution in [1.29, 1.82) is 0 Å². The highest BCUT2D eigenvalue weighted by atomic mass is 35.5. The Morgan fingerprint density at radius 1 is 1.32 bits per heavy atom. The van der Waals surface area contributed by atoms with Crippen LogP contribution in [0.3, 0.4) is 0 Å². The summed E-state index contributed by atoms with van der Waals surface area (Å²) in [6, 6.07) is 5.72. The molecule has 6 heteroatoms. The zero-order chi connectivity index (χ0) is 15.1. The summed E-state index contributed by atoms with van der Waals surface area (Å²) in [4.78, 5) is 13.9. The summed E-state index contributed by atoms with van der Waals surface area (Å²) in [7, 11) is 1.96. The Kier molecular flexibility index (Phi) is 8.20. The van der Waals surface area contributed by atoms with E-state index in [4.69, 9.17) is 4.74 Å². The van der Waals surface area contributed by atoms with Gasteiger partial charge in [-0.15, -0.1) is 12.4 Å². The molecule has 0 spiro atoms. The van der Waals surface area contributed by atoms with Crippen LogP contribution in [0.5, 0.6) is 5.75 Å². The van der Waals surface area contributed by atoms with Gasteiger partial charge in [-0.1, -0.05) is 0 Å². The number of ether oxygens (including phenoxy) is 1. The summed E-state index contributed by atoms with van der Waals surface area (Å²) in [5.41, 5.74) is 0. The van der Waals surface area contributed by atoms with Gasteiger partial charge in [0, 0.05) is 13.1 Å². The van der Waals surface area contributed by atoms with Crippen LogP contribution >= 0.6 is 12.4 Å². The molecule has 2 rings (SSSR count). The van der Waals surface area contributed by atoms with Gasteiger partial charge in [0.15, 0.2) is 6.61 Å². The highest BCUT2D eigenvalue weighted by Crippen LogP contribution is 2.20. The molecular formula is C16H24ClFN2O2. The van der Waals surface area contributed by atoms with E-state index in [1.165, 1.54) is 30.7 Å². The maximum absolute atomic E-state index is 12.8. The monoisotopic (exact) mass is 330 g/mol. The Balaban J connectivity index is 0.00000242. The van der Waals surface area contributed by atoms with Gasteiger partial charge in [0.25, 0.3) is 5.91 Å². The van der Waals surface area contributed by atoms with Gasteiger partial charge < -0.3 is 15.0 Å². The van der Waals surface area contributed by atoms with Crippen molar-refractivity contribution >= 4 is 18.3 Å². The minimum Gasteiger partial charge on any atom is -0.484 e. The molecule has 1 amide bonds. The summed E-state index contributed by atoms with van der Waals surface area (Å²) in [6.07, 6.45) is 3.29. The summed E-state index contributed by atoms with van der Waals surface area (Å²) >= 11 is 0. The number of halogens is 2. The van der Waals surface area contributed by atoms with Gasteiger partial charge in [0.05, 0.1) is 0 Å². The maximum atomic E-state index is 12.8. The van der Waals surface area contributed by atoms with E-state index < -0.39 is 0 Å². The molecule has 0 bridgehead atoms. The molecule has 0 saturated carbocycles. The first-order valence-corrected chi connectivity index (χ1v) is 7.50. The summed E-state index contributed by atoms with van der Waals surface area (Å²) in [5, 5.41) is 3.16. The normalized spacial score (nSPS) is 15.3. The molecule has 0 radical (unpaired) electrons. The van der Waals surface area contributed by atoms with E-state index in [9.17, 15) is 9.18 Å². The van der Waals surface area contributed by atoms with Crippen LogP contribution in [0, 0.1) is 11.7 Å². The molecule has 4 nitrogen and oxygen atoms in total. The number of rotatable bonds is 6. The van der Waals surface area contributed by atoms with Crippen LogP contribution in [-0.4, -0.2) is 44.1 Å². The van der Waals surface area contributed by atoms with Crippen molar-refractivity contribution in [1.82, 2.24) is 10.2 Å². The van der Waals surface area contributed by atoms with Crippen LogP contribution in [0.2, 0.25) is 0 Å². The van der Waals surface area contributed by atoms with Gasteiger partial charge in [-0.05, 0) is 63.0 Å². The molecule has 1 aromatic rings. The molecule has 0 aliphatic carbocycles. The number of likely N-dealkylation sites (tertiary alicyclic amines) is 1. The molecule has 22 heavy (non-hydrogen) atoms. The number of carbonyl (C=O) groups excluding carboxylic acids is 1. The van der Waals surface area contributed by atoms with Gasteiger partial charge in [-0.2, -0.15) is 0 Å². The lowest BCUT2D eigenvalue weighted by molar-refractivity contribution is -0.134. The molecule has 0 atom stereocenters. The highest BCUT2D eigenvalue weighted by molar-refractivity contribution is 5.85. The molecule has 1 aromatic carbocycles. The second-order valence-corrected chi connectivity index (χ2v) is 5.46. The van der Waals surface area contributed by atoms with Crippen LogP contribution in [0.15, 0.2) is 24.3 Å². The quantitative estimate of drug-likeness (QED) is 0.871. The van der Waals surface area contributed by atoms with E-state index in [0.717, 1.165) is 32.5 Å². The Morgan fingerprint density at radius 2 is 1.95 bits per heavy atom. The molecular weight excluding hydrogens is 307 g/mol. The average molecular weight is 331 g/mol. The maximum Gasteiger partial charge on any atom is 0.260 e. The second-order valence-electron chi connectivity index (χ2n) is 5.46. The highest BCUT2D eigenvalue weighted by Gasteiger charge is 2.22. The van der Waals surface area contributed by atoms with Crippen molar-refractivity contribution in [2.75, 3.05) is 33.3 Å². The third-order valence-corrected chi connectivity index (χ3v) is 3.95. The Labute approximate surface area is 137 Å². The number of amides is 1. The number of benzene rings is 1. The van der Waals surface area contributed by atoms with Gasteiger partial charge in [-0.25, -0.2) is 4.39 Å². The fraction of sp³-hybridized carbons (Fsp3) is 0.562. The zero-order valence-corrected chi connectivity index (χ0v) is 13.7. The van der Waals surface area contributed by atoms with Gasteiger partial charge >= 0.3 is 0 Å². The summed E-state index contributed by atoms with van der Waals surface area (Å²) < 4.78 is 18.2. The SMILES string of the molecule is CNCCC1CCN(C(=O)COc2ccc(F)cc2)CC1.Cl. The first kappa shape index (κ1) is 18.7. The second kappa shape index (κ2) is 9.64. The Morgan fingerprint density at radius 3 is 2.55 bits per heavy atom. The van der Waals surface area contributed by atoms with Crippen molar-refractivity contribution in [3.8, 4) is 5.75 Å². The van der Waals surface area contributed by atoms with Crippen LogP contribution in [-0.2, 0) is 4.79 Å². The van der Waals surface area contributed by atoms with Crippen molar-refractivity contribution in [3.05, 3.63) is 30.1 Å². The number of nitrogens with zero attached hydrogens (tertiary/aromatic N) is 1. The summed E-state index contributed by atoms with van der Waals surface area (Å²) in [5.74, 6) is 0.928. The van der Waals surface area contributed by atoms with E-state index in [1.807, 2.05) is 11.9 Å². The number of nitrogens with one attached hydrogen (secondary N) is 1. The van der Waals surface area contributed by atoms with Crippen LogP contribution in [0.25, 0.3) is 0 Å². The number of hydrogen-bond acceptors (Lipinski definition) is 3. The fourth-order valence-corrected chi connectivity index (χ4v) is 2.59. The van der Waals surface area contributed by atoms with Crippen LogP contribution < -0.4 is 10.1 Å². The van der Waals surface area contributed by atoms with E-state index in [2.05, 4.69) is 5.32 Å². The van der Waals surface area contributed by atoms with E-state index >= 15 is 0 Å². The standard InChI is InChI=1S/C16H23FN2O2.ClH/c1-18-9-6-13-7-10-19(11-8-13)16(20)12-21-15-4-2-14(17)3-5-15;/h2-5,13,18H,6-12H2,1H3;1H. The van der Waals surface area contributed by atoms with E-state index in [-0.39, 0.29) is 30.7 Å². The molecule has 1 saturated heterocycles. The topological polar surface area (TPSA) is 41.6 Å². The first-order chi connectivity index (χ1) is 10.2. The smallest absolute Gasteiger partial charge is 0.260 e. The largest absolute Gasteiger partial charge is 0.484 e. The Bertz CT molecular complexity index is 448. The molecule has 1 fully saturated rings. The number of piperidine rings is 1. The predicted molar refractivity (Wildman–Crippen MR) is 87.0 cm³/mol. The van der Waals surface area contributed by atoms with Gasteiger partial charge in [0.2, 0.25) is 0 Å². The van der Waals surface area contributed by atoms with Crippen molar-refractivity contribution < 1.29 is 13.9 Å². The molecule has 0 unspecified atom stereocenters. The van der Waals surface area contributed by atoms with Gasteiger partial charge in [-0.3, -0.25) is 4.79 Å². The lowest BCUT2D eigenvalue weighted by Crippen LogP contribution is -2.41. The lowest BCUT2D eigenvalue weighted by atomic mass is 9.93. The number of hydrogen-bond donors (Lipinski definition) is 1. The summed E-state index contributed by atoms with van der Waals surface area (Å²) in [6.45, 7) is 2.67. The third kappa shape index (κ3) is 5.81. The molecule has 1 aliphatic rings. The van der Waals surface area contributed by atoms with E-state index in [0.29, 0.717) is 11.7 Å². The minimum atomic E-state index is -0.308. The molecule has 1 aliphatic heterocycles. The van der Waals surface area contributed by atoms with Crippen molar-refractivity contribution in [2.45, 2.75) is 19.3 Å². The minimum absolute atomic E-state index is 0. The lowest BCUT2D eigenvalue weighted by Gasteiger charge is -2.32. The van der Waals surface area contributed by atoms with Crippen LogP contribution in [0.1, 0.15) is 19.3 Å². The average Bonchev–Trinajstić information content (AvgIpc) is 2.52. The van der Waals surface area contributed by atoms with Crippen LogP contribution in [0.4, 0.5) is 4.39 Å². The number of carbonyl (C=O) groups is 1. The first-order valence-electron chi connectivity index (χ1n) is 7.50.